The smallest absolute Gasteiger partial charge is 0.309 e. The number of hydrogen-bond donors (Lipinski definition) is 1. The lowest BCUT2D eigenvalue weighted by Crippen LogP contribution is -2.26. The van der Waals surface area contributed by atoms with Gasteiger partial charge in [-0.2, -0.15) is 0 Å². The molecule has 0 bridgehead atoms. The van der Waals surface area contributed by atoms with Gasteiger partial charge in [-0.1, -0.05) is 0 Å². The number of methoxy groups -OCH3 is 2. The van der Waals surface area contributed by atoms with E-state index in [-0.39, 0.29) is 0 Å². The molecular formula is C17H24O4. The molecule has 1 aliphatic rings. The summed E-state index contributed by atoms with van der Waals surface area (Å²) in [6.07, 6.45) is 4.69. The van der Waals surface area contributed by atoms with Gasteiger partial charge in [0.15, 0.2) is 0 Å². The second kappa shape index (κ2) is 5.96. The molecule has 1 N–H and O–H groups in total. The molecule has 21 heavy (non-hydrogen) atoms. The Bertz CT molecular complexity index is 546. The fourth-order valence-electron chi connectivity index (χ4n) is 3.05. The Hall–Kier alpha value is -1.71. The molecule has 0 saturated carbocycles. The third-order valence-electron chi connectivity index (χ3n) is 4.27. The van der Waals surface area contributed by atoms with Crippen LogP contribution < -0.4 is 9.47 Å². The maximum Gasteiger partial charge on any atom is 0.309 e. The van der Waals surface area contributed by atoms with Crippen molar-refractivity contribution in [1.82, 2.24) is 0 Å². The second-order valence-corrected chi connectivity index (χ2v) is 6.30. The number of carbonyl (C=O) groups is 1. The molecule has 0 fully saturated rings. The molecule has 0 aliphatic heterocycles. The highest BCUT2D eigenvalue weighted by atomic mass is 16.5. The van der Waals surface area contributed by atoms with E-state index < -0.39 is 11.4 Å². The average molecular weight is 292 g/mol. The normalized spacial score (nSPS) is 14.5. The number of carboxylic acid groups (broad SMARTS) is 1. The van der Waals surface area contributed by atoms with Gasteiger partial charge in [-0.15, -0.1) is 0 Å². The molecule has 2 rings (SSSR count). The van der Waals surface area contributed by atoms with Crippen LogP contribution in [0.4, 0.5) is 0 Å². The summed E-state index contributed by atoms with van der Waals surface area (Å²) < 4.78 is 11.1. The van der Waals surface area contributed by atoms with Crippen LogP contribution >= 0.6 is 0 Å². The lowest BCUT2D eigenvalue weighted by molar-refractivity contribution is -0.146. The first-order valence-corrected chi connectivity index (χ1v) is 7.39. The largest absolute Gasteiger partial charge is 0.496 e. The molecule has 1 aliphatic carbocycles. The van der Waals surface area contributed by atoms with Gasteiger partial charge < -0.3 is 14.6 Å². The molecule has 4 heteroatoms. The van der Waals surface area contributed by atoms with Crippen LogP contribution in [0.15, 0.2) is 6.07 Å². The number of carboxylic acids is 1. The minimum Gasteiger partial charge on any atom is -0.496 e. The monoisotopic (exact) mass is 292 g/mol. The Kier molecular flexibility index (Phi) is 4.45. The van der Waals surface area contributed by atoms with Crippen molar-refractivity contribution in [3.8, 4) is 11.5 Å². The van der Waals surface area contributed by atoms with Crippen LogP contribution in [-0.4, -0.2) is 25.3 Å². The fourth-order valence-corrected chi connectivity index (χ4v) is 3.05. The number of ether oxygens (including phenoxy) is 2. The highest BCUT2D eigenvalue weighted by molar-refractivity contribution is 5.74. The van der Waals surface area contributed by atoms with Gasteiger partial charge in [-0.3, -0.25) is 4.79 Å². The number of aliphatic carboxylic acids is 1. The Balaban J connectivity index is 2.53. The summed E-state index contributed by atoms with van der Waals surface area (Å²) in [6, 6.07) is 1.95. The van der Waals surface area contributed by atoms with Gasteiger partial charge in [0.1, 0.15) is 11.5 Å². The maximum absolute atomic E-state index is 11.4. The first kappa shape index (κ1) is 15.7. The highest BCUT2D eigenvalue weighted by Crippen LogP contribution is 2.41. The molecule has 0 aromatic heterocycles. The lowest BCUT2D eigenvalue weighted by Gasteiger charge is -2.26. The van der Waals surface area contributed by atoms with E-state index in [0.717, 1.165) is 42.7 Å². The Morgan fingerprint density at radius 3 is 2.33 bits per heavy atom. The predicted octanol–water partition coefficient (Wildman–Crippen LogP) is 3.24. The minimum absolute atomic E-state index is 0.426. The summed E-state index contributed by atoms with van der Waals surface area (Å²) in [7, 11) is 3.33. The van der Waals surface area contributed by atoms with Crippen LogP contribution in [0.3, 0.4) is 0 Å². The van der Waals surface area contributed by atoms with Gasteiger partial charge >= 0.3 is 5.97 Å². The van der Waals surface area contributed by atoms with Gasteiger partial charge in [0.2, 0.25) is 0 Å². The topological polar surface area (TPSA) is 55.8 Å². The summed E-state index contributed by atoms with van der Waals surface area (Å²) in [5.41, 5.74) is 2.50. The van der Waals surface area contributed by atoms with E-state index in [0.29, 0.717) is 6.42 Å². The molecule has 116 valence electrons. The van der Waals surface area contributed by atoms with E-state index >= 15 is 0 Å². The van der Waals surface area contributed by atoms with Gasteiger partial charge in [-0.25, -0.2) is 0 Å². The summed E-state index contributed by atoms with van der Waals surface area (Å²) in [5, 5.41) is 9.36. The van der Waals surface area contributed by atoms with E-state index in [1.54, 1.807) is 28.1 Å². The Morgan fingerprint density at radius 1 is 1.19 bits per heavy atom. The lowest BCUT2D eigenvalue weighted by atomic mass is 9.82. The Labute approximate surface area is 126 Å². The van der Waals surface area contributed by atoms with Crippen LogP contribution in [0.5, 0.6) is 11.5 Å². The number of hydrogen-bond acceptors (Lipinski definition) is 3. The third-order valence-corrected chi connectivity index (χ3v) is 4.27. The average Bonchev–Trinajstić information content (AvgIpc) is 2.45. The van der Waals surface area contributed by atoms with E-state index in [1.807, 2.05) is 6.07 Å². The third kappa shape index (κ3) is 2.99. The van der Waals surface area contributed by atoms with Crippen molar-refractivity contribution in [3.63, 3.8) is 0 Å². The van der Waals surface area contributed by atoms with Crippen molar-refractivity contribution in [2.24, 2.45) is 5.41 Å². The van der Waals surface area contributed by atoms with Crippen molar-refractivity contribution < 1.29 is 19.4 Å². The van der Waals surface area contributed by atoms with Crippen LogP contribution in [-0.2, 0) is 24.1 Å². The molecule has 0 saturated heterocycles. The number of benzene rings is 1. The molecule has 0 spiro atoms. The van der Waals surface area contributed by atoms with E-state index in [2.05, 4.69) is 0 Å². The molecule has 1 aromatic carbocycles. The minimum atomic E-state index is -0.832. The van der Waals surface area contributed by atoms with E-state index in [4.69, 9.17) is 9.47 Å². The molecular weight excluding hydrogens is 268 g/mol. The highest BCUT2D eigenvalue weighted by Gasteiger charge is 2.31. The quantitative estimate of drug-likeness (QED) is 0.905. The maximum atomic E-state index is 11.4. The van der Waals surface area contributed by atoms with Crippen molar-refractivity contribution in [1.29, 1.82) is 0 Å². The first-order chi connectivity index (χ1) is 9.90. The zero-order valence-corrected chi connectivity index (χ0v) is 13.3. The summed E-state index contributed by atoms with van der Waals surface area (Å²) in [4.78, 5) is 11.4. The fraction of sp³-hybridized carbons (Fsp3) is 0.588. The molecule has 0 unspecified atom stereocenters. The predicted molar refractivity (Wildman–Crippen MR) is 81.3 cm³/mol. The van der Waals surface area contributed by atoms with Crippen molar-refractivity contribution in [2.75, 3.05) is 14.2 Å². The number of rotatable bonds is 5. The summed E-state index contributed by atoms with van der Waals surface area (Å²) in [6.45, 7) is 3.47. The molecule has 0 amide bonds. The van der Waals surface area contributed by atoms with Gasteiger partial charge in [0.05, 0.1) is 19.6 Å². The Morgan fingerprint density at radius 2 is 1.81 bits per heavy atom. The van der Waals surface area contributed by atoms with E-state index in [1.165, 1.54) is 11.1 Å². The van der Waals surface area contributed by atoms with Crippen LogP contribution in [0.1, 0.15) is 43.4 Å². The van der Waals surface area contributed by atoms with Crippen molar-refractivity contribution in [3.05, 3.63) is 22.8 Å². The zero-order valence-electron chi connectivity index (χ0n) is 13.3. The molecule has 0 heterocycles. The molecule has 0 radical (unpaired) electrons. The zero-order chi connectivity index (χ0) is 15.6. The standard InChI is InChI=1S/C17H24O4/c1-17(2,16(18)19)10-11-9-14(20-3)12-7-5-6-8-13(12)15(11)21-4/h9H,5-8,10H2,1-4H3,(H,18,19). The van der Waals surface area contributed by atoms with Gasteiger partial charge in [0, 0.05) is 11.1 Å². The van der Waals surface area contributed by atoms with Crippen LogP contribution in [0, 0.1) is 5.41 Å². The molecule has 0 atom stereocenters. The molecule has 4 nitrogen and oxygen atoms in total. The first-order valence-electron chi connectivity index (χ1n) is 7.39. The van der Waals surface area contributed by atoms with E-state index in [9.17, 15) is 9.90 Å². The number of fused-ring (bicyclic) bond motifs is 1. The molecule has 1 aromatic rings. The van der Waals surface area contributed by atoms with Crippen LogP contribution in [0.25, 0.3) is 0 Å². The summed E-state index contributed by atoms with van der Waals surface area (Å²) >= 11 is 0. The van der Waals surface area contributed by atoms with Crippen molar-refractivity contribution >= 4 is 5.97 Å². The van der Waals surface area contributed by atoms with Crippen molar-refractivity contribution in [2.45, 2.75) is 46.0 Å². The van der Waals surface area contributed by atoms with Gasteiger partial charge in [0.25, 0.3) is 0 Å². The van der Waals surface area contributed by atoms with Crippen LogP contribution in [0.2, 0.25) is 0 Å². The summed E-state index contributed by atoms with van der Waals surface area (Å²) in [5.74, 6) is 0.905. The SMILES string of the molecule is COc1cc(CC(C)(C)C(=O)O)c(OC)c2c1CCCC2. The second-order valence-electron chi connectivity index (χ2n) is 6.30. The van der Waals surface area contributed by atoms with Gasteiger partial charge in [-0.05, 0) is 57.6 Å².